The molecule has 1 saturated heterocycles. The van der Waals surface area contributed by atoms with E-state index in [9.17, 15) is 5.26 Å². The molecule has 0 aliphatic carbocycles. The molecule has 1 heterocycles. The fraction of sp³-hybridized carbons (Fsp3) is 0.292. The van der Waals surface area contributed by atoms with Gasteiger partial charge in [0.2, 0.25) is 0 Å². The second-order valence-electron chi connectivity index (χ2n) is 7.48. The number of nitriles is 1. The van der Waals surface area contributed by atoms with Crippen molar-refractivity contribution in [2.24, 2.45) is 10.3 Å². The number of amidine groups is 2. The molecule has 1 unspecified atom stereocenters. The average Bonchev–Trinajstić information content (AvgIpc) is 2.78. The number of likely N-dealkylation sites (N-methyl/N-ethyl adjacent to an activating group) is 2. The van der Waals surface area contributed by atoms with Crippen LogP contribution in [0, 0.1) is 11.3 Å². The largest absolute Gasteiger partial charge is 0.398 e. The fourth-order valence-corrected chi connectivity index (χ4v) is 3.85. The molecule has 31 heavy (non-hydrogen) atoms. The van der Waals surface area contributed by atoms with Gasteiger partial charge in [-0.1, -0.05) is 58.8 Å². The van der Waals surface area contributed by atoms with Crippen molar-refractivity contribution >= 4 is 17.7 Å². The molecule has 160 valence electrons. The Morgan fingerprint density at radius 1 is 1.00 bits per heavy atom. The van der Waals surface area contributed by atoms with Gasteiger partial charge in [-0.2, -0.15) is 5.26 Å². The van der Waals surface area contributed by atoms with Gasteiger partial charge >= 0.3 is 0 Å². The zero-order valence-corrected chi connectivity index (χ0v) is 18.5. The first-order valence-electron chi connectivity index (χ1n) is 9.91. The zero-order valence-electron chi connectivity index (χ0n) is 18.5. The quantitative estimate of drug-likeness (QED) is 0.694. The van der Waals surface area contributed by atoms with Gasteiger partial charge in [-0.3, -0.25) is 0 Å². The summed E-state index contributed by atoms with van der Waals surface area (Å²) in [5, 5.41) is 18.2. The number of oxime groups is 2. The third-order valence-electron chi connectivity index (χ3n) is 5.57. The predicted molar refractivity (Wildman–Crippen MR) is 122 cm³/mol. The van der Waals surface area contributed by atoms with Crippen LogP contribution in [-0.4, -0.2) is 55.3 Å². The van der Waals surface area contributed by atoms with E-state index in [1.54, 1.807) is 6.07 Å². The maximum absolute atomic E-state index is 9.52. The van der Waals surface area contributed by atoms with Crippen LogP contribution < -0.4 is 0 Å². The fourth-order valence-electron chi connectivity index (χ4n) is 3.85. The van der Waals surface area contributed by atoms with Crippen LogP contribution in [0.5, 0.6) is 0 Å². The van der Waals surface area contributed by atoms with Crippen molar-refractivity contribution in [1.82, 2.24) is 9.80 Å². The van der Waals surface area contributed by atoms with Crippen LogP contribution in [0.25, 0.3) is 6.08 Å². The van der Waals surface area contributed by atoms with Crippen LogP contribution >= 0.6 is 0 Å². The molecule has 7 heteroatoms. The Morgan fingerprint density at radius 3 is 2.29 bits per heavy atom. The van der Waals surface area contributed by atoms with E-state index >= 15 is 0 Å². The summed E-state index contributed by atoms with van der Waals surface area (Å²) >= 11 is 0. The Kier molecular flexibility index (Phi) is 6.61. The molecule has 2 aromatic carbocycles. The van der Waals surface area contributed by atoms with Gasteiger partial charge in [-0.15, -0.1) is 0 Å². The number of rotatable bonds is 5. The summed E-state index contributed by atoms with van der Waals surface area (Å²) in [7, 11) is 6.94. The van der Waals surface area contributed by atoms with Gasteiger partial charge < -0.3 is 19.5 Å². The number of benzene rings is 2. The highest BCUT2D eigenvalue weighted by Gasteiger charge is 2.47. The molecular weight excluding hydrogens is 390 g/mol. The standard InChI is InChI=1S/C24H27N5O2/c1-24(16-18-11-7-6-8-12-18)23(27-31-5)28(2)21(22(26-30-4)29(24)3)15-19-13-9-10-14-20(19)17-25/h6-15H,16H2,1-5H3. The molecule has 0 spiro atoms. The van der Waals surface area contributed by atoms with Gasteiger partial charge in [0.1, 0.15) is 19.8 Å². The number of piperazine rings is 1. The summed E-state index contributed by atoms with van der Waals surface area (Å²) < 4.78 is 0. The lowest BCUT2D eigenvalue weighted by Crippen LogP contribution is -2.64. The highest BCUT2D eigenvalue weighted by Crippen LogP contribution is 2.33. The van der Waals surface area contributed by atoms with E-state index < -0.39 is 5.54 Å². The van der Waals surface area contributed by atoms with Gasteiger partial charge in [0.05, 0.1) is 17.3 Å². The normalized spacial score (nSPS) is 22.6. The van der Waals surface area contributed by atoms with E-state index in [0.29, 0.717) is 17.8 Å². The predicted octanol–water partition coefficient (Wildman–Crippen LogP) is 3.70. The van der Waals surface area contributed by atoms with Crippen molar-refractivity contribution in [1.29, 1.82) is 5.26 Å². The van der Waals surface area contributed by atoms with E-state index in [0.717, 1.165) is 22.7 Å². The Bertz CT molecular complexity index is 1060. The lowest BCUT2D eigenvalue weighted by Gasteiger charge is -2.49. The summed E-state index contributed by atoms with van der Waals surface area (Å²) in [6.45, 7) is 2.10. The van der Waals surface area contributed by atoms with Gasteiger partial charge in [-0.25, -0.2) is 0 Å². The van der Waals surface area contributed by atoms with Gasteiger partial charge in [0.15, 0.2) is 11.7 Å². The maximum atomic E-state index is 9.52. The lowest BCUT2D eigenvalue weighted by molar-refractivity contribution is 0.176. The SMILES string of the molecule is CON=C1C(=Cc2ccccc2C#N)N(C)C(=NOC)C(C)(Cc2ccccc2)N1C. The van der Waals surface area contributed by atoms with Crippen molar-refractivity contribution < 1.29 is 9.68 Å². The molecule has 1 aliphatic rings. The molecule has 7 nitrogen and oxygen atoms in total. The van der Waals surface area contributed by atoms with Crippen LogP contribution in [0.3, 0.4) is 0 Å². The van der Waals surface area contributed by atoms with Crippen LogP contribution in [0.1, 0.15) is 23.6 Å². The highest BCUT2D eigenvalue weighted by atomic mass is 16.6. The molecule has 0 aromatic heterocycles. The molecule has 1 aliphatic heterocycles. The minimum Gasteiger partial charge on any atom is -0.398 e. The van der Waals surface area contributed by atoms with E-state index in [-0.39, 0.29) is 0 Å². The maximum Gasteiger partial charge on any atom is 0.192 e. The Hall–Kier alpha value is -3.79. The Labute approximate surface area is 183 Å². The van der Waals surface area contributed by atoms with Crippen molar-refractivity contribution in [2.45, 2.75) is 18.9 Å². The van der Waals surface area contributed by atoms with Gasteiger partial charge in [-0.05, 0) is 30.2 Å². The molecule has 0 N–H and O–H groups in total. The van der Waals surface area contributed by atoms with E-state index in [2.05, 4.69) is 35.4 Å². The first kappa shape index (κ1) is 21.9. The molecule has 1 fully saturated rings. The van der Waals surface area contributed by atoms with Crippen LogP contribution in [-0.2, 0) is 16.1 Å². The molecular formula is C24H27N5O2. The first-order valence-corrected chi connectivity index (χ1v) is 9.91. The van der Waals surface area contributed by atoms with Crippen molar-refractivity contribution in [3.63, 3.8) is 0 Å². The molecule has 0 bridgehead atoms. The first-order chi connectivity index (χ1) is 15.0. The topological polar surface area (TPSA) is 73.4 Å². The summed E-state index contributed by atoms with van der Waals surface area (Å²) in [6, 6.07) is 19.9. The number of hydrogen-bond donors (Lipinski definition) is 0. The smallest absolute Gasteiger partial charge is 0.192 e. The summed E-state index contributed by atoms with van der Waals surface area (Å²) in [4.78, 5) is 14.4. The highest BCUT2D eigenvalue weighted by molar-refractivity contribution is 6.12. The molecule has 2 aromatic rings. The number of hydrogen-bond acceptors (Lipinski definition) is 5. The number of nitrogens with zero attached hydrogens (tertiary/aromatic N) is 5. The summed E-state index contributed by atoms with van der Waals surface area (Å²) in [5.74, 6) is 1.35. The molecule has 1 atom stereocenters. The van der Waals surface area contributed by atoms with Crippen LogP contribution in [0.4, 0.5) is 0 Å². The Morgan fingerprint density at radius 2 is 1.65 bits per heavy atom. The molecule has 0 saturated carbocycles. The lowest BCUT2D eigenvalue weighted by atomic mass is 9.86. The second-order valence-corrected chi connectivity index (χ2v) is 7.48. The minimum atomic E-state index is -0.560. The molecule has 3 rings (SSSR count). The second kappa shape index (κ2) is 9.35. The monoisotopic (exact) mass is 417 g/mol. The molecule has 0 radical (unpaired) electrons. The van der Waals surface area contributed by atoms with Crippen molar-refractivity contribution in [2.75, 3.05) is 28.3 Å². The average molecular weight is 418 g/mol. The minimum absolute atomic E-state index is 0.560. The van der Waals surface area contributed by atoms with Gasteiger partial charge in [0, 0.05) is 20.5 Å². The third-order valence-corrected chi connectivity index (χ3v) is 5.57. The molecule has 0 amide bonds. The summed E-state index contributed by atoms with van der Waals surface area (Å²) in [5.41, 5.74) is 2.70. The van der Waals surface area contributed by atoms with Crippen LogP contribution in [0.15, 0.2) is 70.6 Å². The van der Waals surface area contributed by atoms with E-state index in [4.69, 9.17) is 9.68 Å². The van der Waals surface area contributed by atoms with Crippen molar-refractivity contribution in [3.05, 3.63) is 77.0 Å². The van der Waals surface area contributed by atoms with E-state index in [1.807, 2.05) is 66.4 Å². The summed E-state index contributed by atoms with van der Waals surface area (Å²) in [6.07, 6.45) is 2.60. The van der Waals surface area contributed by atoms with Crippen LogP contribution in [0.2, 0.25) is 0 Å². The Balaban J connectivity index is 2.17. The van der Waals surface area contributed by atoms with Crippen molar-refractivity contribution in [3.8, 4) is 6.07 Å². The zero-order chi connectivity index (χ0) is 22.4. The third kappa shape index (κ3) is 4.24. The van der Waals surface area contributed by atoms with E-state index in [1.165, 1.54) is 14.2 Å². The van der Waals surface area contributed by atoms with Gasteiger partial charge in [0.25, 0.3) is 0 Å².